The van der Waals surface area contributed by atoms with Gasteiger partial charge in [0, 0.05) is 17.6 Å². The first kappa shape index (κ1) is 15.8. The first-order chi connectivity index (χ1) is 9.44. The highest BCUT2D eigenvalue weighted by molar-refractivity contribution is 7.89. The first-order valence-corrected chi connectivity index (χ1v) is 8.81. The van der Waals surface area contributed by atoms with Gasteiger partial charge in [-0.3, -0.25) is 0 Å². The zero-order valence-electron chi connectivity index (χ0n) is 11.6. The van der Waals surface area contributed by atoms with Gasteiger partial charge >= 0.3 is 0 Å². The molecule has 1 fully saturated rings. The number of nitrogens with two attached hydrogens (primary N) is 1. The molecule has 6 heteroatoms. The molecule has 0 saturated heterocycles. The van der Waals surface area contributed by atoms with Gasteiger partial charge in [-0.2, -0.15) is 0 Å². The van der Waals surface area contributed by atoms with E-state index in [4.69, 9.17) is 17.3 Å². The number of benzene rings is 1. The Morgan fingerprint density at radius 3 is 2.60 bits per heavy atom. The quantitative estimate of drug-likeness (QED) is 0.877. The van der Waals surface area contributed by atoms with Crippen molar-refractivity contribution in [3.63, 3.8) is 0 Å². The van der Waals surface area contributed by atoms with Gasteiger partial charge in [-0.1, -0.05) is 30.5 Å². The zero-order valence-corrected chi connectivity index (χ0v) is 13.2. The van der Waals surface area contributed by atoms with E-state index >= 15 is 0 Å². The van der Waals surface area contributed by atoms with Crippen LogP contribution in [0.25, 0.3) is 0 Å². The SMILES string of the molecule is CC(NS(=O)(=O)c1ccc(CN)c(Cl)c1)C1CCCC1. The van der Waals surface area contributed by atoms with Crippen LogP contribution in [0.5, 0.6) is 0 Å². The number of rotatable bonds is 5. The van der Waals surface area contributed by atoms with E-state index in [0.717, 1.165) is 18.4 Å². The average molecular weight is 317 g/mol. The van der Waals surface area contributed by atoms with Crippen molar-refractivity contribution in [1.29, 1.82) is 0 Å². The Balaban J connectivity index is 2.15. The van der Waals surface area contributed by atoms with E-state index in [2.05, 4.69) is 4.72 Å². The van der Waals surface area contributed by atoms with E-state index in [1.165, 1.54) is 18.9 Å². The molecule has 1 atom stereocenters. The van der Waals surface area contributed by atoms with Crippen LogP contribution < -0.4 is 10.5 Å². The molecule has 1 aliphatic rings. The molecule has 0 aliphatic heterocycles. The molecule has 0 bridgehead atoms. The number of nitrogens with one attached hydrogen (secondary N) is 1. The lowest BCUT2D eigenvalue weighted by molar-refractivity contribution is 0.424. The van der Waals surface area contributed by atoms with Crippen molar-refractivity contribution >= 4 is 21.6 Å². The zero-order chi connectivity index (χ0) is 14.8. The summed E-state index contributed by atoms with van der Waals surface area (Å²) in [7, 11) is -3.52. The van der Waals surface area contributed by atoms with Gasteiger partial charge in [0.2, 0.25) is 10.0 Å². The van der Waals surface area contributed by atoms with Crippen LogP contribution in [0.4, 0.5) is 0 Å². The van der Waals surface area contributed by atoms with E-state index in [1.54, 1.807) is 12.1 Å². The molecule has 0 radical (unpaired) electrons. The van der Waals surface area contributed by atoms with E-state index in [9.17, 15) is 8.42 Å². The number of hydrogen-bond acceptors (Lipinski definition) is 3. The molecule has 0 heterocycles. The molecule has 1 aliphatic carbocycles. The van der Waals surface area contributed by atoms with Gasteiger partial charge in [-0.05, 0) is 43.4 Å². The van der Waals surface area contributed by atoms with Gasteiger partial charge in [-0.15, -0.1) is 0 Å². The number of halogens is 1. The lowest BCUT2D eigenvalue weighted by Gasteiger charge is -2.20. The maximum absolute atomic E-state index is 12.4. The summed E-state index contributed by atoms with van der Waals surface area (Å²) in [4.78, 5) is 0.199. The summed E-state index contributed by atoms with van der Waals surface area (Å²) in [5, 5.41) is 0.392. The fourth-order valence-electron chi connectivity index (χ4n) is 2.73. The Kier molecular flexibility index (Phi) is 5.07. The molecule has 0 amide bonds. The molecule has 20 heavy (non-hydrogen) atoms. The van der Waals surface area contributed by atoms with Crippen molar-refractivity contribution < 1.29 is 8.42 Å². The molecule has 1 aromatic rings. The summed E-state index contributed by atoms with van der Waals surface area (Å²) in [6, 6.07) is 4.64. The summed E-state index contributed by atoms with van der Waals surface area (Å²) >= 11 is 6.03. The van der Waals surface area contributed by atoms with Gasteiger partial charge in [0.15, 0.2) is 0 Å². The number of sulfonamides is 1. The summed E-state index contributed by atoms with van der Waals surface area (Å²) in [6.07, 6.45) is 4.56. The van der Waals surface area contributed by atoms with Crippen molar-refractivity contribution in [2.45, 2.75) is 50.1 Å². The molecular weight excluding hydrogens is 296 g/mol. The van der Waals surface area contributed by atoms with Crippen LogP contribution in [-0.4, -0.2) is 14.5 Å². The predicted molar refractivity (Wildman–Crippen MR) is 81.1 cm³/mol. The molecule has 0 spiro atoms. The summed E-state index contributed by atoms with van der Waals surface area (Å²) in [6.45, 7) is 2.23. The standard InChI is InChI=1S/C14H21ClN2O2S/c1-10(11-4-2-3-5-11)17-20(18,19)13-7-6-12(9-16)14(15)8-13/h6-8,10-11,17H,2-5,9,16H2,1H3. The largest absolute Gasteiger partial charge is 0.326 e. The van der Waals surface area contributed by atoms with Crippen molar-refractivity contribution in [3.05, 3.63) is 28.8 Å². The van der Waals surface area contributed by atoms with E-state index < -0.39 is 10.0 Å². The van der Waals surface area contributed by atoms with Crippen molar-refractivity contribution in [2.75, 3.05) is 0 Å². The fraction of sp³-hybridized carbons (Fsp3) is 0.571. The highest BCUT2D eigenvalue weighted by atomic mass is 35.5. The van der Waals surface area contributed by atoms with E-state index in [-0.39, 0.29) is 10.9 Å². The second-order valence-electron chi connectivity index (χ2n) is 5.41. The van der Waals surface area contributed by atoms with Crippen molar-refractivity contribution in [3.8, 4) is 0 Å². The minimum Gasteiger partial charge on any atom is -0.326 e. The Morgan fingerprint density at radius 2 is 2.05 bits per heavy atom. The summed E-state index contributed by atoms with van der Waals surface area (Å²) < 4.78 is 27.5. The minimum absolute atomic E-state index is 0.0459. The van der Waals surface area contributed by atoms with Crippen LogP contribution in [0.2, 0.25) is 5.02 Å². The Morgan fingerprint density at radius 1 is 1.40 bits per heavy atom. The second-order valence-corrected chi connectivity index (χ2v) is 7.53. The normalized spacial score (nSPS) is 18.4. The van der Waals surface area contributed by atoms with Crippen LogP contribution in [0, 0.1) is 5.92 Å². The molecule has 1 unspecified atom stereocenters. The smallest absolute Gasteiger partial charge is 0.240 e. The summed E-state index contributed by atoms with van der Waals surface area (Å²) in [5.74, 6) is 0.434. The summed E-state index contributed by atoms with van der Waals surface area (Å²) in [5.41, 5.74) is 6.27. The fourth-order valence-corrected chi connectivity index (χ4v) is 4.39. The van der Waals surface area contributed by atoms with Gasteiger partial charge in [-0.25, -0.2) is 13.1 Å². The number of hydrogen-bond donors (Lipinski definition) is 2. The monoisotopic (exact) mass is 316 g/mol. The van der Waals surface area contributed by atoms with Crippen molar-refractivity contribution in [2.24, 2.45) is 11.7 Å². The maximum Gasteiger partial charge on any atom is 0.240 e. The van der Waals surface area contributed by atoms with E-state index in [0.29, 0.717) is 17.5 Å². The molecule has 3 N–H and O–H groups in total. The molecule has 112 valence electrons. The Labute approximate surface area is 125 Å². The van der Waals surface area contributed by atoms with E-state index in [1.807, 2.05) is 6.92 Å². The molecular formula is C14H21ClN2O2S. The molecule has 0 aromatic heterocycles. The predicted octanol–water partition coefficient (Wildman–Crippen LogP) is 2.66. The second kappa shape index (κ2) is 6.43. The maximum atomic E-state index is 12.4. The highest BCUT2D eigenvalue weighted by Gasteiger charge is 2.26. The third kappa shape index (κ3) is 3.52. The highest BCUT2D eigenvalue weighted by Crippen LogP contribution is 2.28. The molecule has 4 nitrogen and oxygen atoms in total. The van der Waals surface area contributed by atoms with Gasteiger partial charge in [0.1, 0.15) is 0 Å². The van der Waals surface area contributed by atoms with Crippen LogP contribution in [0.3, 0.4) is 0 Å². The van der Waals surface area contributed by atoms with Crippen LogP contribution in [0.1, 0.15) is 38.2 Å². The van der Waals surface area contributed by atoms with Crippen LogP contribution >= 0.6 is 11.6 Å². The third-order valence-electron chi connectivity index (χ3n) is 4.00. The van der Waals surface area contributed by atoms with Gasteiger partial charge in [0.05, 0.1) is 4.90 Å². The van der Waals surface area contributed by atoms with Crippen LogP contribution in [0.15, 0.2) is 23.1 Å². The minimum atomic E-state index is -3.52. The lowest BCUT2D eigenvalue weighted by Crippen LogP contribution is -2.37. The lowest BCUT2D eigenvalue weighted by atomic mass is 10.0. The molecule has 1 aromatic carbocycles. The van der Waals surface area contributed by atoms with Crippen LogP contribution in [-0.2, 0) is 16.6 Å². The van der Waals surface area contributed by atoms with Crippen molar-refractivity contribution in [1.82, 2.24) is 4.72 Å². The average Bonchev–Trinajstić information content (AvgIpc) is 2.92. The molecule has 1 saturated carbocycles. The molecule has 2 rings (SSSR count). The Hall–Kier alpha value is -0.620. The van der Waals surface area contributed by atoms with Gasteiger partial charge in [0.25, 0.3) is 0 Å². The first-order valence-electron chi connectivity index (χ1n) is 6.95. The topological polar surface area (TPSA) is 72.2 Å². The van der Waals surface area contributed by atoms with Gasteiger partial charge < -0.3 is 5.73 Å². The third-order valence-corrected chi connectivity index (χ3v) is 5.91. The Bertz CT molecular complexity index is 569.